The highest BCUT2D eigenvalue weighted by Gasteiger charge is 2.44. The van der Waals surface area contributed by atoms with E-state index in [1.165, 1.54) is 6.92 Å². The van der Waals surface area contributed by atoms with E-state index in [-0.39, 0.29) is 29.9 Å². The number of carbonyl (C=O) groups excluding carboxylic acids is 2. The van der Waals surface area contributed by atoms with Gasteiger partial charge in [-0.1, -0.05) is 0 Å². The largest absolute Gasteiger partial charge is 0.462 e. The molecule has 4 nitrogen and oxygen atoms in total. The molecule has 1 saturated heterocycles. The minimum atomic E-state index is -0.245. The molecule has 2 rings (SSSR count). The van der Waals surface area contributed by atoms with Gasteiger partial charge in [0.1, 0.15) is 6.10 Å². The molecule has 0 bridgehead atoms. The Bertz CT molecular complexity index is 251. The standard InChI is InChI=1S/C9H13NO3/c1-5(11)13-8-3-2-7-6(8)4-9(12)10-7/h6-8H,2-4H2,1H3,(H,10,12). The fraction of sp³-hybridized carbons (Fsp3) is 0.778. The van der Waals surface area contributed by atoms with Crippen molar-refractivity contribution in [3.63, 3.8) is 0 Å². The molecule has 72 valence electrons. The van der Waals surface area contributed by atoms with Gasteiger partial charge in [-0.05, 0) is 12.8 Å². The van der Waals surface area contributed by atoms with Crippen LogP contribution in [-0.2, 0) is 14.3 Å². The van der Waals surface area contributed by atoms with Crippen LogP contribution >= 0.6 is 0 Å². The first kappa shape index (κ1) is 8.53. The molecule has 13 heavy (non-hydrogen) atoms. The van der Waals surface area contributed by atoms with Crippen LogP contribution in [0.2, 0.25) is 0 Å². The molecular formula is C9H13NO3. The first-order valence-electron chi connectivity index (χ1n) is 4.63. The van der Waals surface area contributed by atoms with Gasteiger partial charge in [-0.25, -0.2) is 0 Å². The normalized spacial score (nSPS) is 37.0. The summed E-state index contributed by atoms with van der Waals surface area (Å²) in [6.07, 6.45) is 2.30. The van der Waals surface area contributed by atoms with E-state index in [0.717, 1.165) is 12.8 Å². The Morgan fingerprint density at radius 3 is 3.00 bits per heavy atom. The molecule has 0 aromatic heterocycles. The highest BCUT2D eigenvalue weighted by molar-refractivity contribution is 5.79. The van der Waals surface area contributed by atoms with Crippen LogP contribution in [-0.4, -0.2) is 24.0 Å². The van der Waals surface area contributed by atoms with Gasteiger partial charge in [0.05, 0.1) is 0 Å². The van der Waals surface area contributed by atoms with E-state index in [1.807, 2.05) is 0 Å². The molecule has 0 aromatic rings. The van der Waals surface area contributed by atoms with Gasteiger partial charge in [-0.15, -0.1) is 0 Å². The van der Waals surface area contributed by atoms with Gasteiger partial charge in [0, 0.05) is 25.3 Å². The van der Waals surface area contributed by atoms with Gasteiger partial charge >= 0.3 is 5.97 Å². The molecule has 1 saturated carbocycles. The number of esters is 1. The highest BCUT2D eigenvalue weighted by atomic mass is 16.5. The van der Waals surface area contributed by atoms with Crippen molar-refractivity contribution in [1.29, 1.82) is 0 Å². The number of amides is 1. The zero-order valence-corrected chi connectivity index (χ0v) is 7.58. The molecule has 3 unspecified atom stereocenters. The van der Waals surface area contributed by atoms with Crippen LogP contribution in [0.1, 0.15) is 26.2 Å². The molecule has 2 fully saturated rings. The van der Waals surface area contributed by atoms with Crippen LogP contribution in [0.25, 0.3) is 0 Å². The van der Waals surface area contributed by atoms with Gasteiger partial charge in [0.2, 0.25) is 5.91 Å². The Kier molecular flexibility index (Phi) is 1.98. The third-order valence-electron chi connectivity index (χ3n) is 2.84. The summed E-state index contributed by atoms with van der Waals surface area (Å²) in [5.74, 6) is 0.0632. The van der Waals surface area contributed by atoms with Crippen molar-refractivity contribution in [3.8, 4) is 0 Å². The van der Waals surface area contributed by atoms with E-state index in [1.54, 1.807) is 0 Å². The Morgan fingerprint density at radius 2 is 2.31 bits per heavy atom. The van der Waals surface area contributed by atoms with Crippen LogP contribution in [0.5, 0.6) is 0 Å². The molecular weight excluding hydrogens is 170 g/mol. The van der Waals surface area contributed by atoms with Crippen LogP contribution < -0.4 is 5.32 Å². The zero-order valence-electron chi connectivity index (χ0n) is 7.58. The van der Waals surface area contributed by atoms with Crippen LogP contribution in [0.4, 0.5) is 0 Å². The van der Waals surface area contributed by atoms with Crippen molar-refractivity contribution in [3.05, 3.63) is 0 Å². The summed E-state index contributed by atoms with van der Waals surface area (Å²) in [5.41, 5.74) is 0. The Morgan fingerprint density at radius 1 is 1.54 bits per heavy atom. The fourth-order valence-electron chi connectivity index (χ4n) is 2.32. The topological polar surface area (TPSA) is 55.4 Å². The summed E-state index contributed by atoms with van der Waals surface area (Å²) in [7, 11) is 0. The molecule has 2 aliphatic rings. The lowest BCUT2D eigenvalue weighted by molar-refractivity contribution is -0.148. The molecule has 1 N–H and O–H groups in total. The average Bonchev–Trinajstić information content (AvgIpc) is 2.51. The monoisotopic (exact) mass is 183 g/mol. The molecule has 1 amide bonds. The SMILES string of the molecule is CC(=O)OC1CCC2NC(=O)CC21. The Labute approximate surface area is 76.6 Å². The Balaban J connectivity index is 2.00. The number of fused-ring (bicyclic) bond motifs is 1. The number of rotatable bonds is 1. The highest BCUT2D eigenvalue weighted by Crippen LogP contribution is 2.34. The lowest BCUT2D eigenvalue weighted by Gasteiger charge is -2.16. The van der Waals surface area contributed by atoms with E-state index in [0.29, 0.717) is 6.42 Å². The fourth-order valence-corrected chi connectivity index (χ4v) is 2.32. The second-order valence-electron chi connectivity index (χ2n) is 3.77. The summed E-state index contributed by atoms with van der Waals surface area (Å²) >= 11 is 0. The molecule has 3 atom stereocenters. The van der Waals surface area contributed by atoms with Crippen molar-refractivity contribution in [1.82, 2.24) is 5.32 Å². The minimum absolute atomic E-state index is 0.0403. The third kappa shape index (κ3) is 1.53. The summed E-state index contributed by atoms with van der Waals surface area (Å²) in [6, 6.07) is 0.247. The van der Waals surface area contributed by atoms with Crippen molar-refractivity contribution in [2.24, 2.45) is 5.92 Å². The van der Waals surface area contributed by atoms with Crippen molar-refractivity contribution >= 4 is 11.9 Å². The van der Waals surface area contributed by atoms with Crippen molar-refractivity contribution < 1.29 is 14.3 Å². The number of hydrogen-bond acceptors (Lipinski definition) is 3. The predicted octanol–water partition coefficient (Wildman–Crippen LogP) is 0.217. The van der Waals surface area contributed by atoms with Gasteiger partial charge in [-0.2, -0.15) is 0 Å². The lowest BCUT2D eigenvalue weighted by Crippen LogP contribution is -2.28. The minimum Gasteiger partial charge on any atom is -0.462 e. The number of ether oxygens (including phenoxy) is 1. The summed E-state index contributed by atoms with van der Waals surface area (Å²) < 4.78 is 5.14. The summed E-state index contributed by atoms with van der Waals surface area (Å²) in [6.45, 7) is 1.41. The van der Waals surface area contributed by atoms with Crippen LogP contribution in [0.3, 0.4) is 0 Å². The van der Waals surface area contributed by atoms with Gasteiger partial charge in [-0.3, -0.25) is 9.59 Å². The van der Waals surface area contributed by atoms with Gasteiger partial charge in [0.15, 0.2) is 0 Å². The summed E-state index contributed by atoms with van der Waals surface area (Å²) in [4.78, 5) is 21.8. The van der Waals surface area contributed by atoms with E-state index < -0.39 is 0 Å². The van der Waals surface area contributed by atoms with E-state index >= 15 is 0 Å². The molecule has 1 aliphatic heterocycles. The molecule has 0 aromatic carbocycles. The molecule has 4 heteroatoms. The van der Waals surface area contributed by atoms with Crippen molar-refractivity contribution in [2.45, 2.75) is 38.3 Å². The second kappa shape index (κ2) is 3.01. The van der Waals surface area contributed by atoms with E-state index in [9.17, 15) is 9.59 Å². The average molecular weight is 183 g/mol. The van der Waals surface area contributed by atoms with Gasteiger partial charge in [0.25, 0.3) is 0 Å². The van der Waals surface area contributed by atoms with Crippen LogP contribution in [0, 0.1) is 5.92 Å². The van der Waals surface area contributed by atoms with Gasteiger partial charge < -0.3 is 10.1 Å². The maximum Gasteiger partial charge on any atom is 0.302 e. The number of carbonyl (C=O) groups is 2. The smallest absolute Gasteiger partial charge is 0.302 e. The van der Waals surface area contributed by atoms with E-state index in [2.05, 4.69) is 5.32 Å². The molecule has 0 spiro atoms. The second-order valence-corrected chi connectivity index (χ2v) is 3.77. The Hall–Kier alpha value is -1.06. The summed E-state index contributed by atoms with van der Waals surface area (Å²) in [5, 5.41) is 2.89. The first-order chi connectivity index (χ1) is 6.16. The molecule has 1 heterocycles. The quantitative estimate of drug-likeness (QED) is 0.591. The zero-order chi connectivity index (χ0) is 9.42. The van der Waals surface area contributed by atoms with E-state index in [4.69, 9.17) is 4.74 Å². The molecule has 0 radical (unpaired) electrons. The molecule has 1 aliphatic carbocycles. The third-order valence-corrected chi connectivity index (χ3v) is 2.84. The van der Waals surface area contributed by atoms with Crippen LogP contribution in [0.15, 0.2) is 0 Å². The number of hydrogen-bond donors (Lipinski definition) is 1. The first-order valence-corrected chi connectivity index (χ1v) is 4.63. The lowest BCUT2D eigenvalue weighted by atomic mass is 10.0. The maximum absolute atomic E-state index is 11.0. The predicted molar refractivity (Wildman–Crippen MR) is 44.8 cm³/mol. The maximum atomic E-state index is 11.0. The number of nitrogens with one attached hydrogen (secondary N) is 1. The van der Waals surface area contributed by atoms with Crippen molar-refractivity contribution in [2.75, 3.05) is 0 Å².